The van der Waals surface area contributed by atoms with Gasteiger partial charge in [0.05, 0.1) is 23.5 Å². The minimum absolute atomic E-state index is 0.184. The van der Waals surface area contributed by atoms with E-state index in [0.29, 0.717) is 27.2 Å². The molecule has 1 aromatic heterocycles. The molecule has 0 unspecified atom stereocenters. The van der Waals surface area contributed by atoms with Gasteiger partial charge in [-0.1, -0.05) is 35.3 Å². The third kappa shape index (κ3) is 4.22. The summed E-state index contributed by atoms with van der Waals surface area (Å²) in [5.41, 5.74) is 1.32. The second kappa shape index (κ2) is 8.03. The number of ether oxygens (including phenoxy) is 1. The third-order valence-electron chi connectivity index (χ3n) is 3.42. The number of hydrogen-bond donors (Lipinski definition) is 2. The van der Waals surface area contributed by atoms with Crippen LogP contribution in [0.2, 0.25) is 10.0 Å². The van der Waals surface area contributed by atoms with E-state index in [1.165, 1.54) is 12.3 Å². The normalized spacial score (nSPS) is 10.3. The van der Waals surface area contributed by atoms with Crippen molar-refractivity contribution >= 4 is 46.4 Å². The smallest absolute Gasteiger partial charge is 0.274 e. The van der Waals surface area contributed by atoms with Crippen LogP contribution >= 0.6 is 23.2 Å². The number of benzene rings is 2. The Hall–Kier alpha value is -2.83. The molecule has 8 heteroatoms. The van der Waals surface area contributed by atoms with Crippen molar-refractivity contribution in [1.29, 1.82) is 0 Å². The van der Waals surface area contributed by atoms with Gasteiger partial charge < -0.3 is 15.4 Å². The summed E-state index contributed by atoms with van der Waals surface area (Å²) in [6, 6.07) is 13.6. The van der Waals surface area contributed by atoms with Gasteiger partial charge >= 0.3 is 0 Å². The first kappa shape index (κ1) is 18.0. The topological polar surface area (TPSA) is 76.1 Å². The van der Waals surface area contributed by atoms with E-state index >= 15 is 0 Å². The van der Waals surface area contributed by atoms with Crippen molar-refractivity contribution in [2.45, 2.75) is 0 Å². The van der Waals surface area contributed by atoms with Crippen LogP contribution in [0.4, 0.5) is 17.3 Å². The van der Waals surface area contributed by atoms with E-state index in [4.69, 9.17) is 27.9 Å². The lowest BCUT2D eigenvalue weighted by atomic mass is 10.3. The molecule has 3 aromatic rings. The van der Waals surface area contributed by atoms with Crippen molar-refractivity contribution in [3.8, 4) is 5.75 Å². The van der Waals surface area contributed by atoms with Gasteiger partial charge in [0, 0.05) is 11.2 Å². The van der Waals surface area contributed by atoms with E-state index in [-0.39, 0.29) is 11.6 Å². The number of hydrogen-bond acceptors (Lipinski definition) is 5. The van der Waals surface area contributed by atoms with Crippen LogP contribution in [0.25, 0.3) is 0 Å². The minimum atomic E-state index is -0.417. The Labute approximate surface area is 160 Å². The number of para-hydroxylation sites is 2. The maximum Gasteiger partial charge on any atom is 0.274 e. The highest BCUT2D eigenvalue weighted by atomic mass is 35.5. The molecule has 2 aromatic carbocycles. The standard InChI is InChI=1S/C18H14Cl2N4O2/c1-26-16-5-3-2-4-14(16)23-18-21-9-8-15(24-18)17(25)22-13-7-6-11(19)10-12(13)20/h2-10H,1H3,(H,22,25)(H,21,23,24). The van der Waals surface area contributed by atoms with Gasteiger partial charge in [0.25, 0.3) is 5.91 Å². The summed E-state index contributed by atoms with van der Waals surface area (Å²) in [6.07, 6.45) is 1.49. The van der Waals surface area contributed by atoms with Gasteiger partial charge in [-0.2, -0.15) is 0 Å². The summed E-state index contributed by atoms with van der Waals surface area (Å²) in [5, 5.41) is 6.55. The predicted molar refractivity (Wildman–Crippen MR) is 103 cm³/mol. The van der Waals surface area contributed by atoms with Crippen molar-refractivity contribution < 1.29 is 9.53 Å². The molecule has 0 aliphatic rings. The van der Waals surface area contributed by atoms with E-state index in [1.54, 1.807) is 31.4 Å². The summed E-state index contributed by atoms with van der Waals surface area (Å²) < 4.78 is 5.27. The van der Waals surface area contributed by atoms with Crippen LogP contribution in [0, 0.1) is 0 Å². The number of nitrogens with zero attached hydrogens (tertiary/aromatic N) is 2. The van der Waals surface area contributed by atoms with Gasteiger partial charge in [-0.3, -0.25) is 4.79 Å². The van der Waals surface area contributed by atoms with Crippen LogP contribution in [-0.4, -0.2) is 23.0 Å². The Kier molecular flexibility index (Phi) is 5.55. The fourth-order valence-corrected chi connectivity index (χ4v) is 2.65. The SMILES string of the molecule is COc1ccccc1Nc1nccc(C(=O)Nc2ccc(Cl)cc2Cl)n1. The summed E-state index contributed by atoms with van der Waals surface area (Å²) in [7, 11) is 1.57. The molecule has 1 amide bonds. The molecule has 0 radical (unpaired) electrons. The Balaban J connectivity index is 1.79. The van der Waals surface area contributed by atoms with Crippen LogP contribution < -0.4 is 15.4 Å². The highest BCUT2D eigenvalue weighted by Gasteiger charge is 2.12. The Bertz CT molecular complexity index is 950. The highest BCUT2D eigenvalue weighted by Crippen LogP contribution is 2.27. The van der Waals surface area contributed by atoms with Crippen molar-refractivity contribution in [3.05, 3.63) is 70.5 Å². The molecule has 0 saturated heterocycles. The van der Waals surface area contributed by atoms with E-state index < -0.39 is 5.91 Å². The van der Waals surface area contributed by atoms with Gasteiger partial charge in [-0.15, -0.1) is 0 Å². The van der Waals surface area contributed by atoms with Crippen molar-refractivity contribution in [2.75, 3.05) is 17.7 Å². The molecular weight excluding hydrogens is 375 g/mol. The van der Waals surface area contributed by atoms with Crippen molar-refractivity contribution in [2.24, 2.45) is 0 Å². The number of nitrogens with one attached hydrogen (secondary N) is 2. The lowest BCUT2D eigenvalue weighted by molar-refractivity contribution is 0.102. The number of carbonyl (C=O) groups is 1. The fraction of sp³-hybridized carbons (Fsp3) is 0.0556. The zero-order valence-electron chi connectivity index (χ0n) is 13.7. The number of amides is 1. The fourth-order valence-electron chi connectivity index (χ4n) is 2.19. The molecule has 0 atom stereocenters. The number of carbonyl (C=O) groups excluding carboxylic acids is 1. The summed E-state index contributed by atoms with van der Waals surface area (Å²) in [4.78, 5) is 20.8. The molecule has 132 valence electrons. The molecule has 0 saturated carbocycles. The zero-order chi connectivity index (χ0) is 18.5. The number of halogens is 2. The van der Waals surface area contributed by atoms with Crippen molar-refractivity contribution in [3.63, 3.8) is 0 Å². The summed E-state index contributed by atoms with van der Waals surface area (Å²) in [6.45, 7) is 0. The number of rotatable bonds is 5. The number of aromatic nitrogens is 2. The lowest BCUT2D eigenvalue weighted by Crippen LogP contribution is -2.15. The first-order valence-corrected chi connectivity index (χ1v) is 8.32. The Morgan fingerprint density at radius 2 is 1.88 bits per heavy atom. The van der Waals surface area contributed by atoms with Crippen molar-refractivity contribution in [1.82, 2.24) is 9.97 Å². The molecule has 0 spiro atoms. The average molecular weight is 389 g/mol. The molecular formula is C18H14Cl2N4O2. The predicted octanol–water partition coefficient (Wildman–Crippen LogP) is 4.79. The Morgan fingerprint density at radius 3 is 2.65 bits per heavy atom. The summed E-state index contributed by atoms with van der Waals surface area (Å²) in [5.74, 6) is 0.489. The van der Waals surface area contributed by atoms with Gasteiger partial charge in [-0.25, -0.2) is 9.97 Å². The van der Waals surface area contributed by atoms with Crippen LogP contribution in [0.3, 0.4) is 0 Å². The van der Waals surface area contributed by atoms with Gasteiger partial charge in [0.2, 0.25) is 5.95 Å². The number of methoxy groups -OCH3 is 1. The van der Waals surface area contributed by atoms with E-state index in [2.05, 4.69) is 20.6 Å². The molecule has 26 heavy (non-hydrogen) atoms. The highest BCUT2D eigenvalue weighted by molar-refractivity contribution is 6.36. The maximum absolute atomic E-state index is 12.4. The summed E-state index contributed by atoms with van der Waals surface area (Å²) >= 11 is 11.9. The molecule has 0 fully saturated rings. The second-order valence-corrected chi connectivity index (χ2v) is 6.01. The van der Waals surface area contributed by atoms with Crippen LogP contribution in [-0.2, 0) is 0 Å². The molecule has 3 rings (SSSR count). The monoisotopic (exact) mass is 388 g/mol. The first-order valence-electron chi connectivity index (χ1n) is 7.56. The molecule has 2 N–H and O–H groups in total. The largest absolute Gasteiger partial charge is 0.495 e. The molecule has 0 bridgehead atoms. The Morgan fingerprint density at radius 1 is 1.08 bits per heavy atom. The van der Waals surface area contributed by atoms with Gasteiger partial charge in [-0.05, 0) is 36.4 Å². The van der Waals surface area contributed by atoms with E-state index in [1.807, 2.05) is 18.2 Å². The van der Waals surface area contributed by atoms with E-state index in [0.717, 1.165) is 0 Å². The molecule has 0 aliphatic carbocycles. The first-order chi connectivity index (χ1) is 12.6. The second-order valence-electron chi connectivity index (χ2n) is 5.17. The molecule has 1 heterocycles. The quantitative estimate of drug-likeness (QED) is 0.656. The van der Waals surface area contributed by atoms with Gasteiger partial charge in [0.15, 0.2) is 0 Å². The zero-order valence-corrected chi connectivity index (χ0v) is 15.2. The third-order valence-corrected chi connectivity index (χ3v) is 3.97. The minimum Gasteiger partial charge on any atom is -0.495 e. The van der Waals surface area contributed by atoms with E-state index in [9.17, 15) is 4.79 Å². The van der Waals surface area contributed by atoms with Crippen LogP contribution in [0.1, 0.15) is 10.5 Å². The molecule has 0 aliphatic heterocycles. The molecule has 6 nitrogen and oxygen atoms in total. The van der Waals surface area contributed by atoms with Crippen LogP contribution in [0.5, 0.6) is 5.75 Å². The average Bonchev–Trinajstić information content (AvgIpc) is 2.64. The maximum atomic E-state index is 12.4. The van der Waals surface area contributed by atoms with Crippen LogP contribution in [0.15, 0.2) is 54.7 Å². The lowest BCUT2D eigenvalue weighted by Gasteiger charge is -2.10. The number of anilines is 3. The van der Waals surface area contributed by atoms with Gasteiger partial charge in [0.1, 0.15) is 11.4 Å².